The van der Waals surface area contributed by atoms with Gasteiger partial charge in [-0.15, -0.1) is 0 Å². The summed E-state index contributed by atoms with van der Waals surface area (Å²) in [7, 11) is 0. The van der Waals surface area contributed by atoms with Gasteiger partial charge in [0.2, 0.25) is 0 Å². The third-order valence-electron chi connectivity index (χ3n) is 4.10. The zero-order valence-electron chi connectivity index (χ0n) is 16.5. The van der Waals surface area contributed by atoms with Crippen LogP contribution in [0, 0.1) is 0 Å². The van der Waals surface area contributed by atoms with Crippen molar-refractivity contribution >= 4 is 5.97 Å². The Hall–Kier alpha value is -1.91. The van der Waals surface area contributed by atoms with E-state index in [0.29, 0.717) is 6.92 Å². The molecule has 0 spiro atoms. The molecule has 0 aromatic heterocycles. The number of hydrogen-bond acceptors (Lipinski definition) is 2. The third-order valence-corrected chi connectivity index (χ3v) is 4.10. The van der Waals surface area contributed by atoms with E-state index in [0.717, 1.165) is 0 Å². The van der Waals surface area contributed by atoms with Crippen LogP contribution in [0.5, 0.6) is 0 Å². The summed E-state index contributed by atoms with van der Waals surface area (Å²) in [5, 5.41) is 0. The third kappa shape index (κ3) is 5.83. The fourth-order valence-electron chi connectivity index (χ4n) is 2.08. The normalized spacial score (nSPS) is 15.8. The molecule has 0 saturated carbocycles. The molecule has 202 valence electrons. The van der Waals surface area contributed by atoms with Gasteiger partial charge < -0.3 is 4.74 Å². The number of halogens is 16. The molecular formula is C16H14F16O2. The first kappa shape index (κ1) is 32.1. The molecule has 2 nitrogen and oxygen atoms in total. The highest BCUT2D eigenvalue weighted by molar-refractivity contribution is 5.87. The van der Waals surface area contributed by atoms with E-state index in [2.05, 4.69) is 11.3 Å². The summed E-state index contributed by atoms with van der Waals surface area (Å²) in [6, 6.07) is 0. The van der Waals surface area contributed by atoms with Crippen LogP contribution in [0.15, 0.2) is 12.2 Å². The smallest absolute Gasteiger partial charge is 0.393 e. The lowest BCUT2D eigenvalue weighted by Gasteiger charge is -2.41. The number of ether oxygens (including phenoxy) is 1. The number of unbranched alkanes of at least 4 members (excludes halogenated alkanes) is 1. The second-order valence-corrected chi connectivity index (χ2v) is 6.94. The molecule has 0 aromatic rings. The molecule has 0 saturated heterocycles. The first-order valence-corrected chi connectivity index (χ1v) is 8.57. The maximum absolute atomic E-state index is 13.6. The first-order chi connectivity index (χ1) is 14.7. The van der Waals surface area contributed by atoms with Gasteiger partial charge >= 0.3 is 47.9 Å². The average molecular weight is 542 g/mol. The van der Waals surface area contributed by atoms with Crippen LogP contribution >= 0.6 is 0 Å². The first-order valence-electron chi connectivity index (χ1n) is 8.57. The summed E-state index contributed by atoms with van der Waals surface area (Å²) in [4.78, 5) is 10.9. The molecule has 1 unspecified atom stereocenters. The summed E-state index contributed by atoms with van der Waals surface area (Å²) >= 11 is 0. The Kier molecular flexibility index (Phi) is 9.08. The summed E-state index contributed by atoms with van der Waals surface area (Å²) in [6.07, 6.45) is -22.8. The van der Waals surface area contributed by atoms with Crippen LogP contribution in [0.4, 0.5) is 70.2 Å². The highest BCUT2D eigenvalue weighted by Crippen LogP contribution is 2.61. The van der Waals surface area contributed by atoms with Crippen LogP contribution < -0.4 is 0 Å². The van der Waals surface area contributed by atoms with Crippen molar-refractivity contribution < 1.29 is 79.8 Å². The molecule has 0 fully saturated rings. The van der Waals surface area contributed by atoms with Gasteiger partial charge in [-0.3, -0.25) is 0 Å². The molecule has 0 amide bonds. The van der Waals surface area contributed by atoms with Crippen LogP contribution in [0.25, 0.3) is 0 Å². The number of hydrogen-bond donors (Lipinski definition) is 0. The average Bonchev–Trinajstić information content (AvgIpc) is 2.62. The van der Waals surface area contributed by atoms with Gasteiger partial charge in [-0.2, -0.15) is 65.9 Å². The Bertz CT molecular complexity index is 740. The number of rotatable bonds is 12. The van der Waals surface area contributed by atoms with Gasteiger partial charge in [0.15, 0.2) is 6.17 Å². The fraction of sp³-hybridized carbons (Fsp3) is 0.812. The predicted molar refractivity (Wildman–Crippen MR) is 80.0 cm³/mol. The minimum absolute atomic E-state index is 0.480. The Morgan fingerprint density at radius 1 is 0.735 bits per heavy atom. The summed E-state index contributed by atoms with van der Waals surface area (Å²) in [5.41, 5.74) is -1.19. The molecule has 0 radical (unpaired) electrons. The number of esters is 1. The van der Waals surface area contributed by atoms with Gasteiger partial charge in [0, 0.05) is 12.0 Å². The van der Waals surface area contributed by atoms with Gasteiger partial charge in [0.25, 0.3) is 0 Å². The second kappa shape index (κ2) is 9.62. The SMILES string of the molecule is C=C(C)C(=O)OC(F)(F)C(F)(F)C(F)(F)C(F)(F)C(F)(F)C(F)(F)C(F)CCCCC(F)(F)F. The van der Waals surface area contributed by atoms with Crippen molar-refractivity contribution in [3.05, 3.63) is 12.2 Å². The van der Waals surface area contributed by atoms with E-state index in [9.17, 15) is 75.0 Å². The van der Waals surface area contributed by atoms with Crippen LogP contribution in [0.2, 0.25) is 0 Å². The van der Waals surface area contributed by atoms with Crippen molar-refractivity contribution in [3.63, 3.8) is 0 Å². The van der Waals surface area contributed by atoms with E-state index >= 15 is 0 Å². The van der Waals surface area contributed by atoms with Crippen molar-refractivity contribution in [3.8, 4) is 0 Å². The zero-order chi connectivity index (χ0) is 27.8. The lowest BCUT2D eigenvalue weighted by molar-refractivity contribution is -0.453. The standard InChI is InChI=1S/C16H14F16O2/c1-7(2)9(33)34-16(31,32)15(29,30)14(27,28)13(25,26)12(23,24)11(21,22)8(17)5-3-4-6-10(18,19)20/h8H,1,3-6H2,2H3. The quantitative estimate of drug-likeness (QED) is 0.112. The molecule has 0 heterocycles. The summed E-state index contributed by atoms with van der Waals surface area (Å²) < 4.78 is 214. The Morgan fingerprint density at radius 2 is 1.15 bits per heavy atom. The van der Waals surface area contributed by atoms with Crippen molar-refractivity contribution in [1.82, 2.24) is 0 Å². The van der Waals surface area contributed by atoms with Crippen LogP contribution in [-0.2, 0) is 9.53 Å². The lowest BCUT2D eigenvalue weighted by atomic mass is 9.90. The van der Waals surface area contributed by atoms with E-state index in [-0.39, 0.29) is 0 Å². The second-order valence-electron chi connectivity index (χ2n) is 6.94. The minimum Gasteiger partial charge on any atom is -0.393 e. The van der Waals surface area contributed by atoms with E-state index in [1.54, 1.807) is 0 Å². The van der Waals surface area contributed by atoms with Gasteiger partial charge in [0.1, 0.15) is 0 Å². The molecule has 0 aliphatic heterocycles. The molecule has 1 atom stereocenters. The number of alkyl halides is 16. The molecule has 0 rings (SSSR count). The maximum atomic E-state index is 13.6. The lowest BCUT2D eigenvalue weighted by Crippen LogP contribution is -2.72. The van der Waals surface area contributed by atoms with Crippen molar-refractivity contribution in [1.29, 1.82) is 0 Å². The van der Waals surface area contributed by atoms with Gasteiger partial charge in [-0.1, -0.05) is 6.58 Å². The molecule has 0 bridgehead atoms. The Morgan fingerprint density at radius 3 is 1.53 bits per heavy atom. The van der Waals surface area contributed by atoms with E-state index in [1.165, 1.54) is 0 Å². The molecule has 0 aromatic carbocycles. The number of carbonyl (C=O) groups is 1. The van der Waals surface area contributed by atoms with Gasteiger partial charge in [-0.05, 0) is 26.2 Å². The molecule has 18 heteroatoms. The molecule has 0 aliphatic carbocycles. The van der Waals surface area contributed by atoms with E-state index in [1.807, 2.05) is 0 Å². The highest BCUT2D eigenvalue weighted by Gasteiger charge is 2.91. The van der Waals surface area contributed by atoms with E-state index < -0.39 is 85.3 Å². The van der Waals surface area contributed by atoms with Gasteiger partial charge in [0.05, 0.1) is 0 Å². The predicted octanol–water partition coefficient (Wildman–Crippen LogP) is 7.34. The Balaban J connectivity index is 6.04. The largest absolute Gasteiger partial charge is 0.473 e. The van der Waals surface area contributed by atoms with Crippen molar-refractivity contribution in [2.45, 2.75) is 80.7 Å². The van der Waals surface area contributed by atoms with Gasteiger partial charge in [-0.25, -0.2) is 9.18 Å². The van der Waals surface area contributed by atoms with Crippen LogP contribution in [0.3, 0.4) is 0 Å². The molecule has 0 aliphatic rings. The fourth-order valence-corrected chi connectivity index (χ4v) is 2.08. The van der Waals surface area contributed by atoms with Crippen LogP contribution in [0.1, 0.15) is 32.6 Å². The summed E-state index contributed by atoms with van der Waals surface area (Å²) in [5.74, 6) is -41.4. The topological polar surface area (TPSA) is 26.3 Å². The molecule has 0 N–H and O–H groups in total. The van der Waals surface area contributed by atoms with Crippen molar-refractivity contribution in [2.24, 2.45) is 0 Å². The zero-order valence-corrected chi connectivity index (χ0v) is 16.5. The van der Waals surface area contributed by atoms with E-state index in [4.69, 9.17) is 0 Å². The Labute approximate surface area is 179 Å². The monoisotopic (exact) mass is 542 g/mol. The van der Waals surface area contributed by atoms with Crippen molar-refractivity contribution in [2.75, 3.05) is 0 Å². The summed E-state index contributed by atoms with van der Waals surface area (Å²) in [6.45, 7) is 3.04. The maximum Gasteiger partial charge on any atom is 0.473 e. The molecular weight excluding hydrogens is 528 g/mol. The highest BCUT2D eigenvalue weighted by atomic mass is 19.4. The molecule has 34 heavy (non-hydrogen) atoms. The minimum atomic E-state index is -8.12. The number of carbonyl (C=O) groups excluding carboxylic acids is 1. The van der Waals surface area contributed by atoms with Crippen LogP contribution in [-0.4, -0.2) is 54.0 Å².